The standard InChI is InChI=1S/C14H19ClN2O3S/c1-10-5-4-8-12(14(10)15)21(19,20)17(9-13(16)18)11-6-2-3-7-11/h4-5,8,11H,2-3,6-7,9H2,1H3,(H2,16,18). The summed E-state index contributed by atoms with van der Waals surface area (Å²) in [5, 5.41) is 0.199. The summed E-state index contributed by atoms with van der Waals surface area (Å²) in [6.45, 7) is 1.44. The molecule has 0 spiro atoms. The van der Waals surface area contributed by atoms with E-state index in [4.69, 9.17) is 17.3 Å². The van der Waals surface area contributed by atoms with Gasteiger partial charge in [0.15, 0.2) is 0 Å². The van der Waals surface area contributed by atoms with Crippen molar-refractivity contribution in [3.8, 4) is 0 Å². The van der Waals surface area contributed by atoms with Gasteiger partial charge in [-0.1, -0.05) is 36.6 Å². The molecule has 21 heavy (non-hydrogen) atoms. The lowest BCUT2D eigenvalue weighted by Crippen LogP contribution is -2.44. The molecular weight excluding hydrogens is 312 g/mol. The van der Waals surface area contributed by atoms with Crippen LogP contribution in [0, 0.1) is 6.92 Å². The molecule has 2 rings (SSSR count). The van der Waals surface area contributed by atoms with Gasteiger partial charge in [0, 0.05) is 6.04 Å². The monoisotopic (exact) mass is 330 g/mol. The minimum Gasteiger partial charge on any atom is -0.369 e. The second-order valence-corrected chi connectivity index (χ2v) is 7.58. The van der Waals surface area contributed by atoms with Crippen molar-refractivity contribution < 1.29 is 13.2 Å². The van der Waals surface area contributed by atoms with Crippen molar-refractivity contribution in [1.29, 1.82) is 0 Å². The van der Waals surface area contributed by atoms with E-state index in [-0.39, 0.29) is 22.5 Å². The average Bonchev–Trinajstić information content (AvgIpc) is 2.92. The number of nitrogens with two attached hydrogens (primary N) is 1. The van der Waals surface area contributed by atoms with Gasteiger partial charge in [-0.05, 0) is 31.4 Å². The number of carbonyl (C=O) groups excluding carboxylic acids is 1. The highest BCUT2D eigenvalue weighted by molar-refractivity contribution is 7.89. The number of benzene rings is 1. The summed E-state index contributed by atoms with van der Waals surface area (Å²) in [5.74, 6) is -0.658. The lowest BCUT2D eigenvalue weighted by Gasteiger charge is -2.27. The zero-order valence-corrected chi connectivity index (χ0v) is 13.5. The summed E-state index contributed by atoms with van der Waals surface area (Å²) in [7, 11) is -3.83. The van der Waals surface area contributed by atoms with Gasteiger partial charge in [0.05, 0.1) is 11.6 Å². The lowest BCUT2D eigenvalue weighted by molar-refractivity contribution is -0.118. The van der Waals surface area contributed by atoms with E-state index in [0.717, 1.165) is 25.7 Å². The molecule has 0 unspecified atom stereocenters. The van der Waals surface area contributed by atoms with E-state index < -0.39 is 15.9 Å². The van der Waals surface area contributed by atoms with Gasteiger partial charge >= 0.3 is 0 Å². The Kier molecular flexibility index (Phi) is 4.91. The number of primary amides is 1. The third-order valence-electron chi connectivity index (χ3n) is 3.79. The molecular formula is C14H19ClN2O3S. The van der Waals surface area contributed by atoms with E-state index in [0.29, 0.717) is 5.56 Å². The van der Waals surface area contributed by atoms with Gasteiger partial charge < -0.3 is 5.73 Å². The Hall–Kier alpha value is -1.11. The van der Waals surface area contributed by atoms with Crippen molar-refractivity contribution in [3.63, 3.8) is 0 Å². The van der Waals surface area contributed by atoms with Crippen molar-refractivity contribution in [1.82, 2.24) is 4.31 Å². The van der Waals surface area contributed by atoms with E-state index in [9.17, 15) is 13.2 Å². The van der Waals surface area contributed by atoms with Gasteiger partial charge in [-0.15, -0.1) is 0 Å². The Morgan fingerprint density at radius 2 is 2.00 bits per heavy atom. The predicted octanol–water partition coefficient (Wildman–Crippen LogP) is 2.07. The van der Waals surface area contributed by atoms with E-state index >= 15 is 0 Å². The van der Waals surface area contributed by atoms with Crippen molar-refractivity contribution in [2.24, 2.45) is 5.73 Å². The Morgan fingerprint density at radius 1 is 1.38 bits per heavy atom. The SMILES string of the molecule is Cc1cccc(S(=O)(=O)N(CC(N)=O)C2CCCC2)c1Cl. The summed E-state index contributed by atoms with van der Waals surface area (Å²) in [6, 6.07) is 4.67. The minimum atomic E-state index is -3.83. The third kappa shape index (κ3) is 3.39. The zero-order valence-electron chi connectivity index (χ0n) is 11.9. The Balaban J connectivity index is 2.45. The third-order valence-corrected chi connectivity index (χ3v) is 6.34. The largest absolute Gasteiger partial charge is 0.369 e. The van der Waals surface area contributed by atoms with E-state index in [1.807, 2.05) is 0 Å². The molecule has 0 heterocycles. The zero-order chi connectivity index (χ0) is 15.6. The van der Waals surface area contributed by atoms with Crippen LogP contribution in [0.2, 0.25) is 5.02 Å². The van der Waals surface area contributed by atoms with Crippen LogP contribution in [0.25, 0.3) is 0 Å². The molecule has 1 saturated carbocycles. The number of sulfonamides is 1. The van der Waals surface area contributed by atoms with Crippen LogP contribution in [0.4, 0.5) is 0 Å². The molecule has 1 aliphatic carbocycles. The van der Waals surface area contributed by atoms with Crippen molar-refractivity contribution in [2.75, 3.05) is 6.54 Å². The first-order chi connectivity index (χ1) is 9.84. The molecule has 0 bridgehead atoms. The number of hydrogen-bond acceptors (Lipinski definition) is 3. The summed E-state index contributed by atoms with van der Waals surface area (Å²) in [6.07, 6.45) is 3.40. The van der Waals surface area contributed by atoms with Crippen LogP contribution < -0.4 is 5.73 Å². The fourth-order valence-electron chi connectivity index (χ4n) is 2.70. The quantitative estimate of drug-likeness (QED) is 0.897. The Labute approximate surface area is 130 Å². The topological polar surface area (TPSA) is 80.5 Å². The molecule has 1 aliphatic rings. The van der Waals surface area contributed by atoms with Crippen molar-refractivity contribution in [2.45, 2.75) is 43.5 Å². The molecule has 1 aromatic rings. The van der Waals surface area contributed by atoms with E-state index in [1.54, 1.807) is 19.1 Å². The second kappa shape index (κ2) is 6.34. The van der Waals surface area contributed by atoms with Crippen LogP contribution in [0.3, 0.4) is 0 Å². The van der Waals surface area contributed by atoms with E-state index in [2.05, 4.69) is 0 Å². The first kappa shape index (κ1) is 16.3. The highest BCUT2D eigenvalue weighted by atomic mass is 35.5. The fourth-order valence-corrected chi connectivity index (χ4v) is 4.91. The highest BCUT2D eigenvalue weighted by Gasteiger charge is 2.35. The van der Waals surface area contributed by atoms with Crippen molar-refractivity contribution >= 4 is 27.5 Å². The molecule has 1 amide bonds. The number of hydrogen-bond donors (Lipinski definition) is 1. The molecule has 0 radical (unpaired) electrons. The molecule has 7 heteroatoms. The van der Waals surface area contributed by atoms with Crippen molar-refractivity contribution in [3.05, 3.63) is 28.8 Å². The molecule has 2 N–H and O–H groups in total. The number of rotatable bonds is 5. The molecule has 0 aliphatic heterocycles. The Morgan fingerprint density at radius 3 is 2.57 bits per heavy atom. The highest BCUT2D eigenvalue weighted by Crippen LogP contribution is 2.32. The lowest BCUT2D eigenvalue weighted by atomic mass is 10.2. The van der Waals surface area contributed by atoms with Crippen LogP contribution in [0.5, 0.6) is 0 Å². The van der Waals surface area contributed by atoms with Gasteiger partial charge in [0.2, 0.25) is 15.9 Å². The normalized spacial score (nSPS) is 16.5. The van der Waals surface area contributed by atoms with Gasteiger partial charge in [0.1, 0.15) is 4.90 Å². The van der Waals surface area contributed by atoms with Crippen LogP contribution in [0.15, 0.2) is 23.1 Å². The van der Waals surface area contributed by atoms with Gasteiger partial charge in [0.25, 0.3) is 0 Å². The van der Waals surface area contributed by atoms with Crippen LogP contribution in [-0.4, -0.2) is 31.2 Å². The van der Waals surface area contributed by atoms with Crippen LogP contribution in [0.1, 0.15) is 31.2 Å². The Bertz CT molecular complexity index is 640. The molecule has 0 atom stereocenters. The average molecular weight is 331 g/mol. The van der Waals surface area contributed by atoms with Gasteiger partial charge in [-0.3, -0.25) is 4.79 Å². The number of aryl methyl sites for hydroxylation is 1. The second-order valence-electron chi connectivity index (χ2n) is 5.34. The molecule has 0 saturated heterocycles. The maximum Gasteiger partial charge on any atom is 0.245 e. The van der Waals surface area contributed by atoms with Crippen LogP contribution >= 0.6 is 11.6 Å². The minimum absolute atomic E-state index is 0.0392. The predicted molar refractivity (Wildman–Crippen MR) is 81.5 cm³/mol. The van der Waals surface area contributed by atoms with Gasteiger partial charge in [-0.2, -0.15) is 4.31 Å². The van der Waals surface area contributed by atoms with Crippen LogP contribution in [-0.2, 0) is 14.8 Å². The molecule has 1 aromatic carbocycles. The maximum absolute atomic E-state index is 12.9. The van der Waals surface area contributed by atoms with Gasteiger partial charge in [-0.25, -0.2) is 8.42 Å². The maximum atomic E-state index is 12.9. The molecule has 0 aromatic heterocycles. The summed E-state index contributed by atoms with van der Waals surface area (Å²) in [4.78, 5) is 11.3. The molecule has 1 fully saturated rings. The summed E-state index contributed by atoms with van der Waals surface area (Å²) >= 11 is 6.14. The first-order valence-electron chi connectivity index (χ1n) is 6.89. The summed E-state index contributed by atoms with van der Waals surface area (Å²) < 4.78 is 26.9. The first-order valence-corrected chi connectivity index (χ1v) is 8.71. The number of halogens is 1. The smallest absolute Gasteiger partial charge is 0.245 e. The molecule has 116 valence electrons. The fraction of sp³-hybridized carbons (Fsp3) is 0.500. The number of amides is 1. The van der Waals surface area contributed by atoms with E-state index in [1.165, 1.54) is 10.4 Å². The number of nitrogens with zero attached hydrogens (tertiary/aromatic N) is 1. The molecule has 5 nitrogen and oxygen atoms in total. The summed E-state index contributed by atoms with van der Waals surface area (Å²) in [5.41, 5.74) is 5.91. The number of carbonyl (C=O) groups is 1.